The molecule has 106 valence electrons. The van der Waals surface area contributed by atoms with E-state index in [2.05, 4.69) is 4.28 Å². The lowest BCUT2D eigenvalue weighted by molar-refractivity contribution is -0.0571. The first-order valence-corrected chi connectivity index (χ1v) is 6.33. The van der Waals surface area contributed by atoms with Crippen LogP contribution >= 0.6 is 0 Å². The Balaban J connectivity index is 2.86. The summed E-state index contributed by atoms with van der Waals surface area (Å²) >= 11 is 0. The zero-order chi connectivity index (χ0) is 14.8. The van der Waals surface area contributed by atoms with Crippen LogP contribution in [0.4, 0.5) is 13.2 Å². The number of rotatable bonds is 3. The minimum Gasteiger partial charge on any atom is -0.267 e. The molecule has 1 amide bonds. The Morgan fingerprint density at radius 2 is 1.84 bits per heavy atom. The quantitative estimate of drug-likeness (QED) is 0.682. The summed E-state index contributed by atoms with van der Waals surface area (Å²) in [6, 6.07) is 4.54. The maximum Gasteiger partial charge on any atom is 0.525 e. The predicted octanol–water partition coefficient (Wildman–Crippen LogP) is 1.81. The van der Waals surface area contributed by atoms with Gasteiger partial charge in [0.2, 0.25) is 0 Å². The molecule has 9 heteroatoms. The van der Waals surface area contributed by atoms with E-state index in [0.29, 0.717) is 5.56 Å². The largest absolute Gasteiger partial charge is 0.525 e. The lowest BCUT2D eigenvalue weighted by Gasteiger charge is -2.10. The Hall–Kier alpha value is -1.61. The second-order valence-corrected chi connectivity index (χ2v) is 5.20. The standard InChI is InChI=1S/C10H10F3NO4S/c1-6-4-3-5-8(7(6)2)9(15)14-18-19(16,17)10(11,12)13/h3-5H,1-2H3,(H,14,15). The topological polar surface area (TPSA) is 72.5 Å². The van der Waals surface area contributed by atoms with Crippen LogP contribution < -0.4 is 5.48 Å². The second kappa shape index (κ2) is 5.17. The minimum atomic E-state index is -5.86. The van der Waals surface area contributed by atoms with Gasteiger partial charge in [-0.15, -0.1) is 4.28 Å². The Morgan fingerprint density at radius 1 is 1.26 bits per heavy atom. The molecule has 0 aromatic heterocycles. The van der Waals surface area contributed by atoms with Gasteiger partial charge in [-0.1, -0.05) is 12.1 Å². The SMILES string of the molecule is Cc1cccc(C(=O)NOS(=O)(=O)C(F)(F)F)c1C. The lowest BCUT2D eigenvalue weighted by atomic mass is 10.0. The van der Waals surface area contributed by atoms with Gasteiger partial charge in [-0.25, -0.2) is 5.48 Å². The van der Waals surface area contributed by atoms with Gasteiger partial charge in [0.25, 0.3) is 5.91 Å². The van der Waals surface area contributed by atoms with Crippen LogP contribution in [0.15, 0.2) is 18.2 Å². The number of halogens is 3. The zero-order valence-corrected chi connectivity index (χ0v) is 10.7. The summed E-state index contributed by atoms with van der Waals surface area (Å²) in [5.41, 5.74) is -3.07. The molecule has 0 saturated heterocycles. The smallest absolute Gasteiger partial charge is 0.267 e. The third-order valence-electron chi connectivity index (χ3n) is 2.38. The highest BCUT2D eigenvalue weighted by molar-refractivity contribution is 7.87. The van der Waals surface area contributed by atoms with E-state index < -0.39 is 21.5 Å². The minimum absolute atomic E-state index is 0.0253. The summed E-state index contributed by atoms with van der Waals surface area (Å²) in [7, 11) is -5.86. The van der Waals surface area contributed by atoms with Crippen molar-refractivity contribution in [2.45, 2.75) is 19.4 Å². The van der Waals surface area contributed by atoms with Gasteiger partial charge in [0.1, 0.15) is 0 Å². The van der Waals surface area contributed by atoms with Crippen molar-refractivity contribution in [3.8, 4) is 0 Å². The number of nitrogens with one attached hydrogen (secondary N) is 1. The van der Waals surface area contributed by atoms with Crippen molar-refractivity contribution >= 4 is 16.0 Å². The van der Waals surface area contributed by atoms with Gasteiger partial charge in [0.05, 0.1) is 0 Å². The van der Waals surface area contributed by atoms with Crippen LogP contribution in [0.5, 0.6) is 0 Å². The van der Waals surface area contributed by atoms with Crippen molar-refractivity contribution < 1.29 is 30.7 Å². The third kappa shape index (κ3) is 3.44. The number of benzene rings is 1. The molecule has 0 aliphatic rings. The van der Waals surface area contributed by atoms with Crippen molar-refractivity contribution in [3.63, 3.8) is 0 Å². The summed E-state index contributed by atoms with van der Waals surface area (Å²) in [6.07, 6.45) is 0. The predicted molar refractivity (Wildman–Crippen MR) is 59.4 cm³/mol. The highest BCUT2D eigenvalue weighted by Crippen LogP contribution is 2.23. The van der Waals surface area contributed by atoms with Gasteiger partial charge in [-0.05, 0) is 31.0 Å². The van der Waals surface area contributed by atoms with E-state index in [9.17, 15) is 26.4 Å². The molecule has 0 heterocycles. The van der Waals surface area contributed by atoms with Crippen LogP contribution in [0.1, 0.15) is 21.5 Å². The summed E-state index contributed by atoms with van der Waals surface area (Å²) in [6.45, 7) is 3.27. The van der Waals surface area contributed by atoms with Crippen LogP contribution in [-0.2, 0) is 14.4 Å². The second-order valence-electron chi connectivity index (χ2n) is 3.66. The van der Waals surface area contributed by atoms with E-state index in [-0.39, 0.29) is 5.56 Å². The highest BCUT2D eigenvalue weighted by atomic mass is 32.2. The number of hydrogen-bond acceptors (Lipinski definition) is 4. The number of alkyl halides is 3. The summed E-state index contributed by atoms with van der Waals surface area (Å²) in [5.74, 6) is -1.07. The third-order valence-corrected chi connectivity index (χ3v) is 3.25. The van der Waals surface area contributed by atoms with Crippen molar-refractivity contribution in [2.24, 2.45) is 0 Å². The van der Waals surface area contributed by atoms with E-state index in [4.69, 9.17) is 0 Å². The highest BCUT2D eigenvalue weighted by Gasteiger charge is 2.48. The molecular weight excluding hydrogens is 287 g/mol. The molecule has 0 bridgehead atoms. The van der Waals surface area contributed by atoms with Gasteiger partial charge in [-0.3, -0.25) is 4.79 Å². The summed E-state index contributed by atoms with van der Waals surface area (Å²) in [5, 5.41) is 0. The molecule has 0 aliphatic carbocycles. The van der Waals surface area contributed by atoms with Crippen LogP contribution in [0.25, 0.3) is 0 Å². The molecule has 0 unspecified atom stereocenters. The van der Waals surface area contributed by atoms with E-state index in [0.717, 1.165) is 5.56 Å². The van der Waals surface area contributed by atoms with Gasteiger partial charge < -0.3 is 0 Å². The Labute approximate surface area is 107 Å². The average molecular weight is 297 g/mol. The molecule has 5 nitrogen and oxygen atoms in total. The molecule has 0 atom stereocenters. The fourth-order valence-electron chi connectivity index (χ4n) is 1.19. The molecule has 0 saturated carbocycles. The van der Waals surface area contributed by atoms with Crippen LogP contribution in [0.2, 0.25) is 0 Å². The number of hydroxylamine groups is 1. The van der Waals surface area contributed by atoms with Crippen LogP contribution in [0.3, 0.4) is 0 Å². The van der Waals surface area contributed by atoms with E-state index in [1.165, 1.54) is 17.6 Å². The first kappa shape index (κ1) is 15.4. The van der Waals surface area contributed by atoms with Crippen LogP contribution in [0, 0.1) is 13.8 Å². The van der Waals surface area contributed by atoms with Crippen molar-refractivity contribution in [3.05, 3.63) is 34.9 Å². The van der Waals surface area contributed by atoms with E-state index >= 15 is 0 Å². The van der Waals surface area contributed by atoms with Gasteiger partial charge in [-0.2, -0.15) is 21.6 Å². The number of aryl methyl sites for hydroxylation is 1. The molecule has 0 aliphatic heterocycles. The normalized spacial score (nSPS) is 12.3. The number of amides is 1. The molecule has 0 fully saturated rings. The molecule has 1 aromatic rings. The maximum atomic E-state index is 12.0. The molecule has 19 heavy (non-hydrogen) atoms. The van der Waals surface area contributed by atoms with Gasteiger partial charge in [0.15, 0.2) is 0 Å². The Kier molecular flexibility index (Phi) is 4.21. The maximum absolute atomic E-state index is 12.0. The average Bonchev–Trinajstić information content (AvgIpc) is 2.28. The van der Waals surface area contributed by atoms with Gasteiger partial charge >= 0.3 is 15.6 Å². The van der Waals surface area contributed by atoms with E-state index in [1.807, 2.05) is 0 Å². The Bertz CT molecular complexity index is 595. The monoisotopic (exact) mass is 297 g/mol. The number of carbonyl (C=O) groups excluding carboxylic acids is 1. The molecule has 0 radical (unpaired) electrons. The first-order chi connectivity index (χ1) is 8.56. The van der Waals surface area contributed by atoms with Crippen LogP contribution in [-0.4, -0.2) is 19.8 Å². The van der Waals surface area contributed by atoms with Crippen molar-refractivity contribution in [1.29, 1.82) is 0 Å². The summed E-state index contributed by atoms with van der Waals surface area (Å²) in [4.78, 5) is 11.5. The number of carbonyl (C=O) groups is 1. The lowest BCUT2D eigenvalue weighted by Crippen LogP contribution is -2.34. The molecule has 1 rings (SSSR count). The zero-order valence-electron chi connectivity index (χ0n) is 9.91. The van der Waals surface area contributed by atoms with Crippen molar-refractivity contribution in [2.75, 3.05) is 0 Å². The molecule has 1 aromatic carbocycles. The first-order valence-electron chi connectivity index (χ1n) is 4.92. The molecule has 1 N–H and O–H groups in total. The summed E-state index contributed by atoms with van der Waals surface area (Å²) < 4.78 is 60.5. The van der Waals surface area contributed by atoms with E-state index in [1.54, 1.807) is 19.9 Å². The molecular formula is C10H10F3NO4S. The fraction of sp³-hybridized carbons (Fsp3) is 0.300. The fourth-order valence-corrected chi connectivity index (χ4v) is 1.47. The van der Waals surface area contributed by atoms with Gasteiger partial charge in [0, 0.05) is 5.56 Å². The molecule has 0 spiro atoms. The van der Waals surface area contributed by atoms with Crippen molar-refractivity contribution in [1.82, 2.24) is 5.48 Å². The number of hydrogen-bond donors (Lipinski definition) is 1. The Morgan fingerprint density at radius 3 is 2.37 bits per heavy atom.